The summed E-state index contributed by atoms with van der Waals surface area (Å²) in [6.45, 7) is 3.82. The topological polar surface area (TPSA) is 86.5 Å². The normalized spacial score (nSPS) is 12.1. The number of carbonyl (C=O) groups excluding carboxylic acids is 2. The monoisotopic (exact) mass is 382 g/mol. The Labute approximate surface area is 157 Å². The highest BCUT2D eigenvalue weighted by atomic mass is 35.5. The first-order valence-electron chi connectivity index (χ1n) is 8.00. The highest BCUT2D eigenvalue weighted by Gasteiger charge is 2.23. The lowest BCUT2D eigenvalue weighted by Gasteiger charge is -2.26. The molecule has 25 heavy (non-hydrogen) atoms. The Hall–Kier alpha value is -1.73. The second-order valence-corrected chi connectivity index (χ2v) is 6.91. The van der Waals surface area contributed by atoms with Crippen LogP contribution >= 0.6 is 23.4 Å². The average molecular weight is 383 g/mol. The van der Waals surface area contributed by atoms with Crippen molar-refractivity contribution >= 4 is 52.1 Å². The Morgan fingerprint density at radius 1 is 1.44 bits per heavy atom. The summed E-state index contributed by atoms with van der Waals surface area (Å²) in [6, 6.07) is 2.85. The Balaban J connectivity index is 2.65. The van der Waals surface area contributed by atoms with Gasteiger partial charge in [-0.1, -0.05) is 11.6 Å². The van der Waals surface area contributed by atoms with Gasteiger partial charge in [-0.25, -0.2) is 0 Å². The number of carbonyl (C=O) groups is 2. The zero-order valence-corrected chi connectivity index (χ0v) is 16.0. The van der Waals surface area contributed by atoms with Crippen LogP contribution in [-0.4, -0.2) is 57.1 Å². The van der Waals surface area contributed by atoms with Crippen molar-refractivity contribution in [2.45, 2.75) is 32.7 Å². The molecule has 0 bridgehead atoms. The number of pyridine rings is 1. The van der Waals surface area contributed by atoms with E-state index in [4.69, 9.17) is 17.0 Å². The minimum atomic E-state index is -0.693. The van der Waals surface area contributed by atoms with Gasteiger partial charge in [0.15, 0.2) is 0 Å². The number of ketones is 1. The van der Waals surface area contributed by atoms with Gasteiger partial charge < -0.3 is 4.90 Å². The molecule has 0 aliphatic rings. The van der Waals surface area contributed by atoms with Gasteiger partial charge >= 0.3 is 0 Å². The lowest BCUT2D eigenvalue weighted by atomic mass is 10.2. The van der Waals surface area contributed by atoms with E-state index in [2.05, 4.69) is 9.98 Å². The number of hydrogen-bond acceptors (Lipinski definition) is 6. The van der Waals surface area contributed by atoms with E-state index in [1.54, 1.807) is 43.2 Å². The lowest BCUT2D eigenvalue weighted by Crippen LogP contribution is -2.44. The molecule has 1 amide bonds. The minimum Gasteiger partial charge on any atom is -0.328 e. The highest BCUT2D eigenvalue weighted by molar-refractivity contribution is 7.99. The van der Waals surface area contributed by atoms with Gasteiger partial charge in [0.25, 0.3) is 0 Å². The van der Waals surface area contributed by atoms with Crippen LogP contribution in [0.3, 0.4) is 0 Å². The van der Waals surface area contributed by atoms with Gasteiger partial charge in [0.05, 0.1) is 11.9 Å². The summed E-state index contributed by atoms with van der Waals surface area (Å²) in [5.41, 5.74) is 0.633. The maximum atomic E-state index is 12.4. The van der Waals surface area contributed by atoms with Gasteiger partial charge in [0, 0.05) is 43.3 Å². The number of halogens is 1. The second kappa shape index (κ2) is 11.8. The van der Waals surface area contributed by atoms with Crippen LogP contribution in [0, 0.1) is 5.41 Å². The van der Waals surface area contributed by atoms with Crippen molar-refractivity contribution in [2.75, 3.05) is 18.1 Å². The summed E-state index contributed by atoms with van der Waals surface area (Å²) in [4.78, 5) is 33.1. The van der Waals surface area contributed by atoms with Gasteiger partial charge in [-0.2, -0.15) is 11.8 Å². The van der Waals surface area contributed by atoms with E-state index in [-0.39, 0.29) is 16.9 Å². The predicted molar refractivity (Wildman–Crippen MR) is 104 cm³/mol. The highest BCUT2D eigenvalue weighted by Crippen LogP contribution is 2.12. The number of hydrogen-bond donors (Lipinski definition) is 1. The van der Waals surface area contributed by atoms with Crippen molar-refractivity contribution in [1.82, 2.24) is 9.88 Å². The summed E-state index contributed by atoms with van der Waals surface area (Å²) >= 11 is 7.46. The number of Topliss-reactive ketones (excluding diaryl/α,β-unsaturated/α-hetero) is 1. The van der Waals surface area contributed by atoms with Crippen molar-refractivity contribution in [3.63, 3.8) is 0 Å². The number of nitrogens with one attached hydrogen (secondary N) is 1. The van der Waals surface area contributed by atoms with Crippen LogP contribution in [0.4, 0.5) is 5.69 Å². The maximum absolute atomic E-state index is 12.4. The van der Waals surface area contributed by atoms with Crippen LogP contribution < -0.4 is 0 Å². The number of aliphatic imine (C=N–C) groups is 1. The van der Waals surface area contributed by atoms with E-state index in [0.29, 0.717) is 36.6 Å². The van der Waals surface area contributed by atoms with Crippen molar-refractivity contribution in [3.05, 3.63) is 24.5 Å². The van der Waals surface area contributed by atoms with E-state index in [9.17, 15) is 9.59 Å². The Morgan fingerprint density at radius 2 is 2.16 bits per heavy atom. The summed E-state index contributed by atoms with van der Waals surface area (Å²) in [6.07, 6.45) is 5.58. The molecule has 0 spiro atoms. The van der Waals surface area contributed by atoms with Crippen molar-refractivity contribution in [3.8, 4) is 0 Å². The molecule has 1 atom stereocenters. The summed E-state index contributed by atoms with van der Waals surface area (Å²) < 4.78 is 0. The zero-order chi connectivity index (χ0) is 18.7. The fraction of sp³-hybridized carbons (Fsp3) is 0.471. The minimum absolute atomic E-state index is 0.0918. The van der Waals surface area contributed by atoms with Crippen LogP contribution in [0.1, 0.15) is 26.7 Å². The molecule has 6 nitrogen and oxygen atoms in total. The van der Waals surface area contributed by atoms with Crippen LogP contribution in [0.2, 0.25) is 0 Å². The molecule has 0 aliphatic heterocycles. The summed E-state index contributed by atoms with van der Waals surface area (Å²) in [5, 5.41) is 7.60. The molecular formula is C17H23ClN4O2S. The van der Waals surface area contributed by atoms with Crippen LogP contribution in [0.25, 0.3) is 0 Å². The third-order valence-corrected chi connectivity index (χ3v) is 4.54. The fourth-order valence-corrected chi connectivity index (χ4v) is 3.15. The van der Waals surface area contributed by atoms with Crippen molar-refractivity contribution in [1.29, 1.82) is 5.41 Å². The van der Waals surface area contributed by atoms with Crippen LogP contribution in [0.15, 0.2) is 29.5 Å². The van der Waals surface area contributed by atoms with Crippen LogP contribution in [-0.2, 0) is 9.59 Å². The van der Waals surface area contributed by atoms with E-state index in [0.717, 1.165) is 0 Å². The first-order valence-corrected chi connectivity index (χ1v) is 9.53. The first kappa shape index (κ1) is 21.3. The molecule has 8 heteroatoms. The molecule has 1 aromatic heterocycles. The smallest absolute Gasteiger partial charge is 0.224 e. The lowest BCUT2D eigenvalue weighted by molar-refractivity contribution is -0.130. The van der Waals surface area contributed by atoms with Gasteiger partial charge in [-0.05, 0) is 26.0 Å². The molecule has 1 aromatic rings. The number of rotatable bonds is 11. The zero-order valence-electron chi connectivity index (χ0n) is 14.4. The van der Waals surface area contributed by atoms with Crippen molar-refractivity contribution < 1.29 is 9.59 Å². The molecular weight excluding hydrogens is 360 g/mol. The number of aromatic nitrogens is 1. The molecule has 0 radical (unpaired) electrons. The summed E-state index contributed by atoms with van der Waals surface area (Å²) in [7, 11) is 0. The predicted octanol–water partition coefficient (Wildman–Crippen LogP) is 3.32. The van der Waals surface area contributed by atoms with Crippen molar-refractivity contribution in [2.24, 2.45) is 4.99 Å². The van der Waals surface area contributed by atoms with E-state index in [1.165, 1.54) is 11.1 Å². The van der Waals surface area contributed by atoms with Gasteiger partial charge in [0.2, 0.25) is 5.91 Å². The average Bonchev–Trinajstić information content (AvgIpc) is 2.58. The molecule has 1 rings (SSSR count). The molecule has 0 fully saturated rings. The third kappa shape index (κ3) is 8.27. The van der Waals surface area contributed by atoms with E-state index < -0.39 is 6.04 Å². The van der Waals surface area contributed by atoms with Gasteiger partial charge in [-0.15, -0.1) is 0 Å². The Kier molecular flexibility index (Phi) is 10.0. The number of thioether (sulfide) groups is 1. The largest absolute Gasteiger partial charge is 0.328 e. The first-order chi connectivity index (χ1) is 12.0. The molecule has 1 unspecified atom stereocenters. The maximum Gasteiger partial charge on any atom is 0.224 e. The second-order valence-electron chi connectivity index (χ2n) is 5.28. The molecule has 0 saturated carbocycles. The summed E-state index contributed by atoms with van der Waals surface area (Å²) in [5.74, 6) is 1.40. The number of nitrogens with zero attached hydrogens (tertiary/aromatic N) is 3. The molecule has 0 aromatic carbocycles. The molecule has 0 aliphatic carbocycles. The quantitative estimate of drug-likeness (QED) is 0.469. The van der Waals surface area contributed by atoms with E-state index >= 15 is 0 Å². The standard InChI is InChI=1S/C17H23ClN4O2S/c1-3-22(16(24)7-10-25-9-6-13(2)23)15(17(18)19)12-21-14-5-4-8-20-11-14/h4-5,8,11-12,15,19H,3,6-7,9-10H2,1-2H3. The van der Waals surface area contributed by atoms with Gasteiger partial charge in [-0.3, -0.25) is 25.0 Å². The third-order valence-electron chi connectivity index (χ3n) is 3.33. The van der Waals surface area contributed by atoms with Gasteiger partial charge in [0.1, 0.15) is 17.0 Å². The molecule has 1 N–H and O–H groups in total. The number of amides is 1. The fourth-order valence-electron chi connectivity index (χ4n) is 2.02. The van der Waals surface area contributed by atoms with E-state index in [1.807, 2.05) is 6.92 Å². The van der Waals surface area contributed by atoms with Crippen LogP contribution in [0.5, 0.6) is 0 Å². The Morgan fingerprint density at radius 3 is 2.72 bits per heavy atom. The SMILES string of the molecule is CCN(C(=O)CCSCCC(C)=O)C(C=Nc1cccnc1)C(=N)Cl. The molecule has 1 heterocycles. The molecule has 0 saturated heterocycles. The molecule has 136 valence electrons. The Bertz CT molecular complexity index is 610.